The number of carbonyl (C=O) groups is 1. The molecule has 118 valence electrons. The third-order valence-corrected chi connectivity index (χ3v) is 3.83. The number of aromatic amines is 1. The van der Waals surface area contributed by atoms with E-state index >= 15 is 0 Å². The molecule has 22 heavy (non-hydrogen) atoms. The molecule has 0 fully saturated rings. The van der Waals surface area contributed by atoms with Crippen molar-refractivity contribution in [1.29, 1.82) is 0 Å². The summed E-state index contributed by atoms with van der Waals surface area (Å²) in [4.78, 5) is 19.5. The van der Waals surface area contributed by atoms with Crippen molar-refractivity contribution in [2.24, 2.45) is 0 Å². The van der Waals surface area contributed by atoms with Crippen molar-refractivity contribution in [2.75, 3.05) is 6.61 Å². The minimum atomic E-state index is -0.464. The lowest BCUT2D eigenvalue weighted by molar-refractivity contribution is -0.132. The molecule has 0 aliphatic carbocycles. The first kappa shape index (κ1) is 16.7. The molecular weight excluding hydrogens is 346 g/mol. The van der Waals surface area contributed by atoms with Gasteiger partial charge in [-0.25, -0.2) is 4.98 Å². The van der Waals surface area contributed by atoms with Crippen molar-refractivity contribution >= 4 is 21.8 Å². The fourth-order valence-corrected chi connectivity index (χ4v) is 2.32. The second kappa shape index (κ2) is 7.56. The van der Waals surface area contributed by atoms with Crippen LogP contribution in [0, 0.1) is 0 Å². The number of nitrogens with one attached hydrogen (secondary N) is 2. The molecule has 0 bridgehead atoms. The Hall–Kier alpha value is -1.66. The number of amides is 1. The highest BCUT2D eigenvalue weighted by atomic mass is 79.9. The molecule has 1 amide bonds. The van der Waals surface area contributed by atoms with Crippen LogP contribution in [0.2, 0.25) is 0 Å². The van der Waals surface area contributed by atoms with Crippen LogP contribution in [0.3, 0.4) is 0 Å². The fraction of sp³-hybridized carbons (Fsp3) is 0.375. The van der Waals surface area contributed by atoms with Gasteiger partial charge in [-0.1, -0.05) is 28.1 Å². The van der Waals surface area contributed by atoms with E-state index in [1.165, 1.54) is 0 Å². The van der Waals surface area contributed by atoms with E-state index in [9.17, 15) is 4.79 Å². The molecule has 6 heteroatoms. The summed E-state index contributed by atoms with van der Waals surface area (Å²) in [5, 5.41) is 2.89. The molecule has 0 aliphatic rings. The molecule has 1 aromatic carbocycles. The summed E-state index contributed by atoms with van der Waals surface area (Å²) < 4.78 is 6.31. The summed E-state index contributed by atoms with van der Waals surface area (Å²) in [6.45, 7) is 6.00. The number of aromatic nitrogens is 2. The van der Waals surface area contributed by atoms with Crippen molar-refractivity contribution in [3.8, 4) is 11.3 Å². The summed E-state index contributed by atoms with van der Waals surface area (Å²) in [7, 11) is 0. The summed E-state index contributed by atoms with van der Waals surface area (Å²) >= 11 is 3.41. The van der Waals surface area contributed by atoms with E-state index < -0.39 is 6.10 Å². The maximum absolute atomic E-state index is 11.9. The molecule has 2 aromatic rings. The first-order chi connectivity index (χ1) is 10.5. The Morgan fingerprint density at radius 2 is 2.05 bits per heavy atom. The zero-order valence-electron chi connectivity index (χ0n) is 12.9. The van der Waals surface area contributed by atoms with E-state index in [2.05, 4.69) is 31.2 Å². The molecule has 1 aromatic heterocycles. The van der Waals surface area contributed by atoms with Crippen LogP contribution in [0.15, 0.2) is 34.9 Å². The number of hydrogen-bond acceptors (Lipinski definition) is 3. The monoisotopic (exact) mass is 365 g/mol. The lowest BCUT2D eigenvalue weighted by atomic mass is 10.2. The first-order valence-corrected chi connectivity index (χ1v) is 8.03. The molecule has 0 aliphatic heterocycles. The number of ether oxygens (including phenoxy) is 1. The van der Waals surface area contributed by atoms with Crippen LogP contribution in [0.5, 0.6) is 0 Å². The van der Waals surface area contributed by atoms with Crippen LogP contribution in [-0.4, -0.2) is 28.6 Å². The van der Waals surface area contributed by atoms with Crippen LogP contribution < -0.4 is 5.32 Å². The molecule has 5 nitrogen and oxygen atoms in total. The summed E-state index contributed by atoms with van der Waals surface area (Å²) in [6.07, 6.45) is 1.31. The lowest BCUT2D eigenvalue weighted by Gasteiger charge is -2.16. The third-order valence-electron chi connectivity index (χ3n) is 3.31. The number of H-pyrrole nitrogens is 1. The average molecular weight is 366 g/mol. The predicted molar refractivity (Wildman–Crippen MR) is 89.4 cm³/mol. The Bertz CT molecular complexity index is 625. The SMILES string of the molecule is CCO[C@H](C)C(=O)N[C@H](C)c1ncc(-c2ccc(Br)cc2)[nH]1. The largest absolute Gasteiger partial charge is 0.369 e. The maximum Gasteiger partial charge on any atom is 0.249 e. The summed E-state index contributed by atoms with van der Waals surface area (Å²) in [6, 6.07) is 7.75. The van der Waals surface area contributed by atoms with Crippen LogP contribution in [0.1, 0.15) is 32.6 Å². The van der Waals surface area contributed by atoms with Gasteiger partial charge in [0.15, 0.2) is 0 Å². The quantitative estimate of drug-likeness (QED) is 0.823. The first-order valence-electron chi connectivity index (χ1n) is 7.24. The number of rotatable bonds is 6. The van der Waals surface area contributed by atoms with Crippen molar-refractivity contribution < 1.29 is 9.53 Å². The maximum atomic E-state index is 11.9. The molecule has 2 N–H and O–H groups in total. The second-order valence-electron chi connectivity index (χ2n) is 5.02. The Labute approximate surface area is 138 Å². The van der Waals surface area contributed by atoms with Crippen molar-refractivity contribution in [3.05, 3.63) is 40.8 Å². The number of hydrogen-bond donors (Lipinski definition) is 2. The van der Waals surface area contributed by atoms with Gasteiger partial charge in [-0.05, 0) is 38.5 Å². The number of benzene rings is 1. The topological polar surface area (TPSA) is 67.0 Å². The minimum Gasteiger partial charge on any atom is -0.369 e. The molecular formula is C16H20BrN3O2. The van der Waals surface area contributed by atoms with E-state index in [1.54, 1.807) is 13.1 Å². The third kappa shape index (κ3) is 4.18. The average Bonchev–Trinajstić information content (AvgIpc) is 2.98. The molecule has 0 spiro atoms. The van der Waals surface area contributed by atoms with Gasteiger partial charge in [0.05, 0.1) is 17.9 Å². The van der Waals surface area contributed by atoms with Crippen LogP contribution in [0.4, 0.5) is 0 Å². The molecule has 0 radical (unpaired) electrons. The highest BCUT2D eigenvalue weighted by Crippen LogP contribution is 2.21. The number of nitrogens with zero attached hydrogens (tertiary/aromatic N) is 1. The Balaban J connectivity index is 2.04. The van der Waals surface area contributed by atoms with Crippen LogP contribution in [-0.2, 0) is 9.53 Å². The number of imidazole rings is 1. The van der Waals surface area contributed by atoms with Crippen molar-refractivity contribution in [1.82, 2.24) is 15.3 Å². The molecule has 2 atom stereocenters. The Morgan fingerprint density at radius 3 is 2.68 bits per heavy atom. The molecule has 2 rings (SSSR count). The van der Waals surface area contributed by atoms with Gasteiger partial charge >= 0.3 is 0 Å². The standard InChI is InChI=1S/C16H20BrN3O2/c1-4-22-11(3)16(21)19-10(2)15-18-9-14(20-15)12-5-7-13(17)8-6-12/h5-11H,4H2,1-3H3,(H,18,20)(H,19,21)/t10-,11-/m1/s1. The van der Waals surface area contributed by atoms with E-state index in [1.807, 2.05) is 38.1 Å². The number of halogens is 1. The zero-order valence-corrected chi connectivity index (χ0v) is 14.5. The zero-order chi connectivity index (χ0) is 16.1. The van der Waals surface area contributed by atoms with E-state index in [0.717, 1.165) is 21.6 Å². The molecule has 1 heterocycles. The molecule has 0 unspecified atom stereocenters. The van der Waals surface area contributed by atoms with E-state index in [0.29, 0.717) is 6.61 Å². The van der Waals surface area contributed by atoms with E-state index in [4.69, 9.17) is 4.74 Å². The van der Waals surface area contributed by atoms with Gasteiger partial charge in [-0.3, -0.25) is 4.79 Å². The van der Waals surface area contributed by atoms with Gasteiger partial charge in [0.25, 0.3) is 0 Å². The Morgan fingerprint density at radius 1 is 1.36 bits per heavy atom. The predicted octanol–water partition coefficient (Wildman–Crippen LogP) is 3.44. The van der Waals surface area contributed by atoms with Crippen molar-refractivity contribution in [3.63, 3.8) is 0 Å². The van der Waals surface area contributed by atoms with Gasteiger partial charge in [-0.15, -0.1) is 0 Å². The van der Waals surface area contributed by atoms with Crippen molar-refractivity contribution in [2.45, 2.75) is 32.9 Å². The van der Waals surface area contributed by atoms with Gasteiger partial charge in [0.1, 0.15) is 11.9 Å². The summed E-state index contributed by atoms with van der Waals surface area (Å²) in [5.74, 6) is 0.575. The summed E-state index contributed by atoms with van der Waals surface area (Å²) in [5.41, 5.74) is 1.96. The molecule has 0 saturated heterocycles. The fourth-order valence-electron chi connectivity index (χ4n) is 2.06. The van der Waals surface area contributed by atoms with Gasteiger partial charge < -0.3 is 15.0 Å². The van der Waals surface area contributed by atoms with Gasteiger partial charge in [0, 0.05) is 11.1 Å². The minimum absolute atomic E-state index is 0.143. The van der Waals surface area contributed by atoms with Gasteiger partial charge in [-0.2, -0.15) is 0 Å². The van der Waals surface area contributed by atoms with Crippen LogP contribution in [0.25, 0.3) is 11.3 Å². The smallest absolute Gasteiger partial charge is 0.249 e. The lowest BCUT2D eigenvalue weighted by Crippen LogP contribution is -2.36. The number of carbonyl (C=O) groups excluding carboxylic acids is 1. The highest BCUT2D eigenvalue weighted by Gasteiger charge is 2.18. The second-order valence-corrected chi connectivity index (χ2v) is 5.93. The van der Waals surface area contributed by atoms with Gasteiger partial charge in [0.2, 0.25) is 5.91 Å². The normalized spacial score (nSPS) is 13.6. The molecule has 0 saturated carbocycles. The Kier molecular flexibility index (Phi) is 5.74. The highest BCUT2D eigenvalue weighted by molar-refractivity contribution is 9.10. The van der Waals surface area contributed by atoms with Crippen LogP contribution >= 0.6 is 15.9 Å². The van der Waals surface area contributed by atoms with E-state index in [-0.39, 0.29) is 11.9 Å².